The number of nitro benzene ring substituents is 1. The van der Waals surface area contributed by atoms with Crippen molar-refractivity contribution in [1.29, 1.82) is 0 Å². The molecule has 0 amide bonds. The van der Waals surface area contributed by atoms with Crippen LogP contribution in [0.2, 0.25) is 0 Å². The van der Waals surface area contributed by atoms with E-state index >= 15 is 0 Å². The summed E-state index contributed by atoms with van der Waals surface area (Å²) in [6.07, 6.45) is 0. The van der Waals surface area contributed by atoms with E-state index in [0.717, 1.165) is 30.3 Å². The Kier molecular flexibility index (Phi) is 4.41. The molecule has 12 heteroatoms. The number of sulfonamides is 1. The molecule has 24 heavy (non-hydrogen) atoms. The molecule has 128 valence electrons. The molecule has 0 atom stereocenters. The van der Waals surface area contributed by atoms with E-state index in [9.17, 15) is 35.9 Å². The van der Waals surface area contributed by atoms with Gasteiger partial charge in [-0.05, 0) is 24.3 Å². The maximum Gasteiger partial charge on any atom is 0.295 e. The third-order valence-electron chi connectivity index (χ3n) is 3.00. The predicted molar refractivity (Wildman–Crippen MR) is 79.7 cm³/mol. The Labute approximate surface area is 135 Å². The van der Waals surface area contributed by atoms with Crippen LogP contribution in [0.15, 0.2) is 46.2 Å². The van der Waals surface area contributed by atoms with Gasteiger partial charge in [-0.15, -0.1) is 0 Å². The molecule has 0 radical (unpaired) electrons. The predicted octanol–water partition coefficient (Wildman–Crippen LogP) is 1.30. The lowest BCUT2D eigenvalue weighted by Gasteiger charge is -2.12. The normalized spacial score (nSPS) is 12.1. The van der Waals surface area contributed by atoms with Crippen molar-refractivity contribution in [2.45, 2.75) is 9.79 Å². The fourth-order valence-corrected chi connectivity index (χ4v) is 3.66. The quantitative estimate of drug-likeness (QED) is 0.462. The van der Waals surface area contributed by atoms with E-state index in [2.05, 4.69) is 0 Å². The first kappa shape index (κ1) is 17.9. The minimum Gasteiger partial charge on any atom is -0.282 e. The topological polar surface area (TPSA) is 158 Å². The summed E-state index contributed by atoms with van der Waals surface area (Å²) < 4.78 is 69.3. The Bertz CT molecular complexity index is 999. The Balaban J connectivity index is 3.09. The zero-order valence-corrected chi connectivity index (χ0v) is 13.2. The van der Waals surface area contributed by atoms with E-state index in [1.807, 2.05) is 0 Å². The maximum atomic E-state index is 13.5. The molecule has 0 aliphatic heterocycles. The first-order chi connectivity index (χ1) is 10.9. The molecule has 0 bridgehead atoms. The van der Waals surface area contributed by atoms with Gasteiger partial charge in [0.25, 0.3) is 15.8 Å². The molecule has 0 heterocycles. The summed E-state index contributed by atoms with van der Waals surface area (Å²) in [5.41, 5.74) is -2.21. The summed E-state index contributed by atoms with van der Waals surface area (Å²) in [6.45, 7) is 0. The highest BCUT2D eigenvalue weighted by atomic mass is 32.2. The lowest BCUT2D eigenvalue weighted by molar-refractivity contribution is -0.384. The average Bonchev–Trinajstić information content (AvgIpc) is 2.44. The van der Waals surface area contributed by atoms with Crippen molar-refractivity contribution in [2.75, 3.05) is 0 Å². The van der Waals surface area contributed by atoms with Crippen molar-refractivity contribution in [1.82, 2.24) is 0 Å². The molecule has 2 aromatic rings. The van der Waals surface area contributed by atoms with Gasteiger partial charge >= 0.3 is 0 Å². The Morgan fingerprint density at radius 1 is 1.08 bits per heavy atom. The van der Waals surface area contributed by atoms with Gasteiger partial charge in [0.2, 0.25) is 10.0 Å². The molecule has 0 aliphatic carbocycles. The number of hydrogen-bond donors (Lipinski definition) is 2. The van der Waals surface area contributed by atoms with Crippen molar-refractivity contribution >= 4 is 25.8 Å². The van der Waals surface area contributed by atoms with Crippen molar-refractivity contribution in [2.24, 2.45) is 5.14 Å². The van der Waals surface area contributed by atoms with Crippen LogP contribution in [0.5, 0.6) is 0 Å². The van der Waals surface area contributed by atoms with E-state index < -0.39 is 57.5 Å². The zero-order valence-electron chi connectivity index (χ0n) is 11.6. The monoisotopic (exact) mass is 376 g/mol. The molecule has 0 aromatic heterocycles. The summed E-state index contributed by atoms with van der Waals surface area (Å²) in [4.78, 5) is 8.39. The van der Waals surface area contributed by atoms with Gasteiger partial charge in [0.05, 0.1) is 15.4 Å². The van der Waals surface area contributed by atoms with Crippen LogP contribution in [-0.2, 0) is 20.1 Å². The number of hydrogen-bond acceptors (Lipinski definition) is 6. The van der Waals surface area contributed by atoms with Gasteiger partial charge in [-0.1, -0.05) is 6.07 Å². The molecule has 3 N–H and O–H groups in total. The second-order valence-corrected chi connectivity index (χ2v) is 7.49. The second kappa shape index (κ2) is 5.90. The van der Waals surface area contributed by atoms with E-state index in [1.54, 1.807) is 0 Å². The lowest BCUT2D eigenvalue weighted by atomic mass is 10.0. The molecule has 0 spiro atoms. The average molecular weight is 376 g/mol. The number of rotatable bonds is 4. The zero-order chi connectivity index (χ0) is 18.3. The van der Waals surface area contributed by atoms with E-state index in [0.29, 0.717) is 6.07 Å². The molecule has 0 saturated heterocycles. The fraction of sp³-hybridized carbons (Fsp3) is 0. The molecule has 2 rings (SSSR count). The van der Waals surface area contributed by atoms with Gasteiger partial charge in [-0.25, -0.2) is 17.9 Å². The van der Waals surface area contributed by atoms with Gasteiger partial charge in [0, 0.05) is 11.6 Å². The molecule has 0 fully saturated rings. The second-order valence-electron chi connectivity index (χ2n) is 4.57. The smallest absolute Gasteiger partial charge is 0.282 e. The molecule has 0 aliphatic rings. The number of nitrogens with zero attached hydrogens (tertiary/aromatic N) is 1. The minimum atomic E-state index is -4.98. The number of nitrogens with two attached hydrogens (primary N) is 1. The molecule has 0 unspecified atom stereocenters. The van der Waals surface area contributed by atoms with Gasteiger partial charge in [-0.2, -0.15) is 8.42 Å². The summed E-state index contributed by atoms with van der Waals surface area (Å²) in [5.74, 6) is -0.985. The third kappa shape index (κ3) is 3.41. The van der Waals surface area contributed by atoms with E-state index in [1.165, 1.54) is 0 Å². The van der Waals surface area contributed by atoms with Crippen molar-refractivity contribution < 1.29 is 30.7 Å². The standard InChI is InChI=1S/C12H9FN2O7S2/c13-7-4-5-9(15(16)17)8(6-7)12-10(23(14,18)19)2-1-3-11(12)24(20,21)22/h1-6H,(H2,14,18,19)(H,20,21,22). The summed E-state index contributed by atoms with van der Waals surface area (Å²) in [6, 6.07) is 4.73. The largest absolute Gasteiger partial charge is 0.295 e. The third-order valence-corrected chi connectivity index (χ3v) is 4.85. The van der Waals surface area contributed by atoms with Crippen LogP contribution in [0.1, 0.15) is 0 Å². The van der Waals surface area contributed by atoms with Crippen LogP contribution in [0.4, 0.5) is 10.1 Å². The number of primary sulfonamides is 1. The van der Waals surface area contributed by atoms with E-state index in [4.69, 9.17) is 5.14 Å². The molecular formula is C12H9FN2O7S2. The van der Waals surface area contributed by atoms with Gasteiger partial charge in [0.1, 0.15) is 10.7 Å². The first-order valence-electron chi connectivity index (χ1n) is 6.00. The van der Waals surface area contributed by atoms with Crippen LogP contribution in [0.25, 0.3) is 11.1 Å². The van der Waals surface area contributed by atoms with Crippen LogP contribution < -0.4 is 5.14 Å². The Hall–Kier alpha value is -2.41. The first-order valence-corrected chi connectivity index (χ1v) is 8.99. The highest BCUT2D eigenvalue weighted by Gasteiger charge is 2.29. The van der Waals surface area contributed by atoms with E-state index in [-0.39, 0.29) is 0 Å². The highest BCUT2D eigenvalue weighted by Crippen LogP contribution is 2.38. The summed E-state index contributed by atoms with van der Waals surface area (Å²) >= 11 is 0. The Morgan fingerprint density at radius 2 is 1.67 bits per heavy atom. The number of benzene rings is 2. The van der Waals surface area contributed by atoms with Crippen LogP contribution in [0.3, 0.4) is 0 Å². The lowest BCUT2D eigenvalue weighted by Crippen LogP contribution is -2.15. The Morgan fingerprint density at radius 3 is 2.17 bits per heavy atom. The van der Waals surface area contributed by atoms with Crippen molar-refractivity contribution in [3.8, 4) is 11.1 Å². The van der Waals surface area contributed by atoms with Gasteiger partial charge in [-0.3, -0.25) is 14.7 Å². The molecule has 9 nitrogen and oxygen atoms in total. The van der Waals surface area contributed by atoms with Crippen molar-refractivity contribution in [3.63, 3.8) is 0 Å². The maximum absolute atomic E-state index is 13.5. The molecule has 2 aromatic carbocycles. The highest BCUT2D eigenvalue weighted by molar-refractivity contribution is 7.89. The molecule has 0 saturated carbocycles. The van der Waals surface area contributed by atoms with Gasteiger partial charge in [0.15, 0.2) is 0 Å². The van der Waals surface area contributed by atoms with Crippen LogP contribution in [0, 0.1) is 15.9 Å². The number of nitro groups is 1. The fourth-order valence-electron chi connectivity index (χ4n) is 2.10. The van der Waals surface area contributed by atoms with Crippen LogP contribution >= 0.6 is 0 Å². The summed E-state index contributed by atoms with van der Waals surface area (Å²) in [7, 11) is -9.53. The number of halogens is 1. The summed E-state index contributed by atoms with van der Waals surface area (Å²) in [5, 5.41) is 16.1. The van der Waals surface area contributed by atoms with Gasteiger partial charge < -0.3 is 0 Å². The minimum absolute atomic E-state index is 0.580. The molecular weight excluding hydrogens is 367 g/mol. The SMILES string of the molecule is NS(=O)(=O)c1cccc(S(=O)(=O)O)c1-c1cc(F)ccc1[N+](=O)[O-]. The van der Waals surface area contributed by atoms with Crippen LogP contribution in [-0.4, -0.2) is 26.3 Å². The van der Waals surface area contributed by atoms with Crippen molar-refractivity contribution in [3.05, 3.63) is 52.3 Å².